The molecular weight excluding hydrogens is 301 g/mol. The second-order valence-electron chi connectivity index (χ2n) is 4.88. The Balaban J connectivity index is 2.32. The fourth-order valence-corrected chi connectivity index (χ4v) is 2.15. The van der Waals surface area contributed by atoms with E-state index in [1.807, 2.05) is 0 Å². The molecule has 0 aliphatic carbocycles. The summed E-state index contributed by atoms with van der Waals surface area (Å²) in [5.41, 5.74) is 1.55. The molecule has 0 heterocycles. The van der Waals surface area contributed by atoms with Crippen LogP contribution in [0.2, 0.25) is 0 Å². The molecule has 2 rings (SSSR count). The highest BCUT2D eigenvalue weighted by atomic mass is 19.1. The molecule has 2 aromatic rings. The second kappa shape index (κ2) is 6.91. The van der Waals surface area contributed by atoms with Crippen molar-refractivity contribution in [1.29, 1.82) is 0 Å². The zero-order chi connectivity index (χ0) is 17.0. The number of esters is 1. The predicted octanol–water partition coefficient (Wildman–Crippen LogP) is 3.18. The van der Waals surface area contributed by atoms with E-state index in [1.165, 1.54) is 32.4 Å². The van der Waals surface area contributed by atoms with Crippen molar-refractivity contribution in [3.05, 3.63) is 58.9 Å². The van der Waals surface area contributed by atoms with Crippen LogP contribution in [-0.2, 0) is 4.74 Å². The average molecular weight is 317 g/mol. The van der Waals surface area contributed by atoms with Crippen LogP contribution in [0, 0.1) is 12.7 Å². The van der Waals surface area contributed by atoms with E-state index in [2.05, 4.69) is 10.1 Å². The summed E-state index contributed by atoms with van der Waals surface area (Å²) in [5, 5.41) is 2.63. The number of ether oxygens (including phenoxy) is 2. The van der Waals surface area contributed by atoms with E-state index >= 15 is 0 Å². The van der Waals surface area contributed by atoms with Crippen LogP contribution in [-0.4, -0.2) is 26.1 Å². The Labute approximate surface area is 133 Å². The summed E-state index contributed by atoms with van der Waals surface area (Å²) in [6.07, 6.45) is 0. The zero-order valence-electron chi connectivity index (χ0n) is 13.0. The summed E-state index contributed by atoms with van der Waals surface area (Å²) in [6.45, 7) is 1.78. The summed E-state index contributed by atoms with van der Waals surface area (Å²) >= 11 is 0. The fraction of sp³-hybridized carbons (Fsp3) is 0.176. The third-order valence-corrected chi connectivity index (χ3v) is 3.16. The van der Waals surface area contributed by atoms with E-state index in [4.69, 9.17) is 4.74 Å². The van der Waals surface area contributed by atoms with Gasteiger partial charge in [0.2, 0.25) is 0 Å². The summed E-state index contributed by atoms with van der Waals surface area (Å²) in [7, 11) is 2.67. The maximum Gasteiger partial charge on any atom is 0.337 e. The molecular formula is C17H16FNO4. The van der Waals surface area contributed by atoms with Gasteiger partial charge < -0.3 is 14.8 Å². The lowest BCUT2D eigenvalue weighted by atomic mass is 10.1. The lowest BCUT2D eigenvalue weighted by Crippen LogP contribution is -2.14. The molecule has 0 fully saturated rings. The number of anilines is 1. The van der Waals surface area contributed by atoms with Gasteiger partial charge in [-0.05, 0) is 48.9 Å². The maximum atomic E-state index is 13.4. The molecule has 0 atom stereocenters. The first kappa shape index (κ1) is 16.5. The highest BCUT2D eigenvalue weighted by molar-refractivity contribution is 6.06. The van der Waals surface area contributed by atoms with E-state index in [0.29, 0.717) is 11.3 Å². The standard InChI is InChI=1S/C17H16FNO4/c1-10-6-11(17(21)23-3)8-13(7-10)19-16(20)14-9-12(18)4-5-15(14)22-2/h4-9H,1-3H3,(H,19,20). The van der Waals surface area contributed by atoms with E-state index < -0.39 is 17.7 Å². The smallest absolute Gasteiger partial charge is 0.337 e. The van der Waals surface area contributed by atoms with Gasteiger partial charge in [-0.1, -0.05) is 0 Å². The van der Waals surface area contributed by atoms with Gasteiger partial charge in [0.1, 0.15) is 11.6 Å². The van der Waals surface area contributed by atoms with Crippen LogP contribution in [0.5, 0.6) is 5.75 Å². The molecule has 0 unspecified atom stereocenters. The molecule has 120 valence electrons. The largest absolute Gasteiger partial charge is 0.496 e. The Morgan fingerprint density at radius 1 is 1.09 bits per heavy atom. The summed E-state index contributed by atoms with van der Waals surface area (Å²) in [5.74, 6) is -1.34. The monoisotopic (exact) mass is 317 g/mol. The number of hydrogen-bond acceptors (Lipinski definition) is 4. The van der Waals surface area contributed by atoms with Crippen LogP contribution in [0.3, 0.4) is 0 Å². The third-order valence-electron chi connectivity index (χ3n) is 3.16. The molecule has 5 nitrogen and oxygen atoms in total. The third kappa shape index (κ3) is 3.85. The SMILES string of the molecule is COC(=O)c1cc(C)cc(NC(=O)c2cc(F)ccc2OC)c1. The second-order valence-corrected chi connectivity index (χ2v) is 4.88. The molecule has 0 spiro atoms. The van der Waals surface area contributed by atoms with E-state index in [0.717, 1.165) is 11.6 Å². The zero-order valence-corrected chi connectivity index (χ0v) is 13.0. The molecule has 0 saturated heterocycles. The predicted molar refractivity (Wildman–Crippen MR) is 83.4 cm³/mol. The number of nitrogens with one attached hydrogen (secondary N) is 1. The molecule has 0 radical (unpaired) electrons. The number of amides is 1. The number of hydrogen-bond donors (Lipinski definition) is 1. The van der Waals surface area contributed by atoms with Crippen LogP contribution in [0.25, 0.3) is 0 Å². The number of aryl methyl sites for hydroxylation is 1. The molecule has 0 aliphatic heterocycles. The Morgan fingerprint density at radius 2 is 1.83 bits per heavy atom. The fourth-order valence-electron chi connectivity index (χ4n) is 2.15. The Hall–Kier alpha value is -2.89. The lowest BCUT2D eigenvalue weighted by molar-refractivity contribution is 0.0600. The van der Waals surface area contributed by atoms with Crippen molar-refractivity contribution in [1.82, 2.24) is 0 Å². The summed E-state index contributed by atoms with van der Waals surface area (Å²) in [6, 6.07) is 8.49. The van der Waals surface area contributed by atoms with Crippen molar-refractivity contribution in [2.24, 2.45) is 0 Å². The van der Waals surface area contributed by atoms with E-state index in [1.54, 1.807) is 19.1 Å². The lowest BCUT2D eigenvalue weighted by Gasteiger charge is -2.11. The van der Waals surface area contributed by atoms with Gasteiger partial charge in [-0.25, -0.2) is 9.18 Å². The highest BCUT2D eigenvalue weighted by Crippen LogP contribution is 2.22. The van der Waals surface area contributed by atoms with Gasteiger partial charge >= 0.3 is 5.97 Å². The average Bonchev–Trinajstić information content (AvgIpc) is 2.53. The van der Waals surface area contributed by atoms with Crippen LogP contribution < -0.4 is 10.1 Å². The number of carbonyl (C=O) groups excluding carboxylic acids is 2. The van der Waals surface area contributed by atoms with Crippen molar-refractivity contribution in [2.45, 2.75) is 6.92 Å². The molecule has 1 amide bonds. The first-order chi connectivity index (χ1) is 10.9. The number of halogens is 1. The summed E-state index contributed by atoms with van der Waals surface area (Å²) in [4.78, 5) is 23.9. The number of rotatable bonds is 4. The maximum absolute atomic E-state index is 13.4. The van der Waals surface area contributed by atoms with Crippen molar-refractivity contribution in [3.63, 3.8) is 0 Å². The molecule has 0 aromatic heterocycles. The van der Waals surface area contributed by atoms with Gasteiger partial charge in [0.05, 0.1) is 25.3 Å². The Bertz CT molecular complexity index is 758. The molecule has 1 N–H and O–H groups in total. The van der Waals surface area contributed by atoms with Crippen molar-refractivity contribution in [3.8, 4) is 5.75 Å². The Kier molecular flexibility index (Phi) is 4.95. The van der Waals surface area contributed by atoms with Crippen molar-refractivity contribution < 1.29 is 23.5 Å². The summed E-state index contributed by atoms with van der Waals surface area (Å²) < 4.78 is 23.1. The van der Waals surface area contributed by atoms with E-state index in [-0.39, 0.29) is 11.3 Å². The minimum absolute atomic E-state index is 0.0635. The van der Waals surface area contributed by atoms with Gasteiger partial charge in [-0.15, -0.1) is 0 Å². The normalized spacial score (nSPS) is 10.1. The minimum Gasteiger partial charge on any atom is -0.496 e. The molecule has 6 heteroatoms. The highest BCUT2D eigenvalue weighted by Gasteiger charge is 2.15. The molecule has 0 aliphatic rings. The number of methoxy groups -OCH3 is 2. The van der Waals surface area contributed by atoms with Gasteiger partial charge in [0.15, 0.2) is 0 Å². The van der Waals surface area contributed by atoms with Gasteiger partial charge in [-0.2, -0.15) is 0 Å². The van der Waals surface area contributed by atoms with Gasteiger partial charge in [0, 0.05) is 5.69 Å². The van der Waals surface area contributed by atoms with Gasteiger partial charge in [0.25, 0.3) is 5.91 Å². The topological polar surface area (TPSA) is 64.6 Å². The van der Waals surface area contributed by atoms with Crippen LogP contribution in [0.15, 0.2) is 36.4 Å². The molecule has 0 saturated carbocycles. The number of benzene rings is 2. The molecule has 0 bridgehead atoms. The van der Waals surface area contributed by atoms with Crippen LogP contribution in [0.1, 0.15) is 26.3 Å². The van der Waals surface area contributed by atoms with Crippen molar-refractivity contribution in [2.75, 3.05) is 19.5 Å². The minimum atomic E-state index is -0.546. The van der Waals surface area contributed by atoms with Crippen molar-refractivity contribution >= 4 is 17.6 Å². The molecule has 23 heavy (non-hydrogen) atoms. The quantitative estimate of drug-likeness (QED) is 0.880. The number of carbonyl (C=O) groups is 2. The van der Waals surface area contributed by atoms with Crippen LogP contribution >= 0.6 is 0 Å². The van der Waals surface area contributed by atoms with Crippen LogP contribution in [0.4, 0.5) is 10.1 Å². The van der Waals surface area contributed by atoms with Gasteiger partial charge in [-0.3, -0.25) is 4.79 Å². The Morgan fingerprint density at radius 3 is 2.48 bits per heavy atom. The first-order valence-corrected chi connectivity index (χ1v) is 6.79. The van der Waals surface area contributed by atoms with E-state index in [9.17, 15) is 14.0 Å². The first-order valence-electron chi connectivity index (χ1n) is 6.79. The molecule has 2 aromatic carbocycles.